The first kappa shape index (κ1) is 14.8. The minimum atomic E-state index is 0.105. The normalized spacial score (nSPS) is 31.6. The molecule has 2 fully saturated rings. The van der Waals surface area contributed by atoms with Gasteiger partial charge in [-0.05, 0) is 52.1 Å². The first-order valence-electron chi connectivity index (χ1n) is 8.01. The molecule has 19 heavy (non-hydrogen) atoms. The Kier molecular flexibility index (Phi) is 5.64. The molecule has 0 saturated carbocycles. The van der Waals surface area contributed by atoms with Crippen molar-refractivity contribution in [1.29, 1.82) is 0 Å². The van der Waals surface area contributed by atoms with Crippen LogP contribution in [0.1, 0.15) is 52.4 Å². The van der Waals surface area contributed by atoms with Crippen LogP contribution >= 0.6 is 0 Å². The van der Waals surface area contributed by atoms with Crippen molar-refractivity contribution in [1.82, 2.24) is 15.5 Å². The van der Waals surface area contributed by atoms with E-state index in [2.05, 4.69) is 29.4 Å². The zero-order chi connectivity index (χ0) is 13.7. The number of nitrogens with one attached hydrogen (secondary N) is 2. The summed E-state index contributed by atoms with van der Waals surface area (Å²) in [6, 6.07) is 1.10. The average molecular weight is 267 g/mol. The highest BCUT2D eigenvalue weighted by Gasteiger charge is 2.35. The van der Waals surface area contributed by atoms with Crippen molar-refractivity contribution < 1.29 is 4.79 Å². The minimum Gasteiger partial charge on any atom is -0.355 e. The molecule has 2 aliphatic rings. The number of likely N-dealkylation sites (tertiary alicyclic amines) is 1. The van der Waals surface area contributed by atoms with E-state index < -0.39 is 0 Å². The van der Waals surface area contributed by atoms with Gasteiger partial charge in [0.25, 0.3) is 0 Å². The van der Waals surface area contributed by atoms with Gasteiger partial charge in [0.2, 0.25) is 5.91 Å². The van der Waals surface area contributed by atoms with Crippen LogP contribution in [0, 0.1) is 0 Å². The molecule has 3 atom stereocenters. The molecule has 110 valence electrons. The SMILES string of the molecule is CCNC(C)C1CCCCN1C1CCCCNC1=O. The number of amides is 1. The molecule has 2 rings (SSSR count). The van der Waals surface area contributed by atoms with Gasteiger partial charge >= 0.3 is 0 Å². The second-order valence-electron chi connectivity index (χ2n) is 5.95. The van der Waals surface area contributed by atoms with E-state index >= 15 is 0 Å². The number of nitrogens with zero attached hydrogens (tertiary/aromatic N) is 1. The first-order valence-corrected chi connectivity index (χ1v) is 8.01. The summed E-state index contributed by atoms with van der Waals surface area (Å²) in [5.41, 5.74) is 0. The molecule has 2 N–H and O–H groups in total. The molecule has 4 heteroatoms. The third-order valence-corrected chi connectivity index (χ3v) is 4.60. The number of likely N-dealkylation sites (N-methyl/N-ethyl adjacent to an activating group) is 1. The van der Waals surface area contributed by atoms with Gasteiger partial charge < -0.3 is 10.6 Å². The molecular weight excluding hydrogens is 238 g/mol. The fourth-order valence-corrected chi connectivity index (χ4v) is 3.60. The molecule has 0 aliphatic carbocycles. The Morgan fingerprint density at radius 2 is 2.11 bits per heavy atom. The summed E-state index contributed by atoms with van der Waals surface area (Å²) in [7, 11) is 0. The molecule has 4 nitrogen and oxygen atoms in total. The van der Waals surface area contributed by atoms with E-state index in [9.17, 15) is 4.79 Å². The summed E-state index contributed by atoms with van der Waals surface area (Å²) >= 11 is 0. The van der Waals surface area contributed by atoms with E-state index in [1.54, 1.807) is 0 Å². The fourth-order valence-electron chi connectivity index (χ4n) is 3.60. The van der Waals surface area contributed by atoms with Gasteiger partial charge in [-0.2, -0.15) is 0 Å². The van der Waals surface area contributed by atoms with Crippen molar-refractivity contribution in [2.45, 2.75) is 70.5 Å². The lowest BCUT2D eigenvalue weighted by Crippen LogP contribution is -2.58. The smallest absolute Gasteiger partial charge is 0.237 e. The Hall–Kier alpha value is -0.610. The third kappa shape index (κ3) is 3.69. The highest BCUT2D eigenvalue weighted by molar-refractivity contribution is 5.82. The Balaban J connectivity index is 2.06. The lowest BCUT2D eigenvalue weighted by molar-refractivity contribution is -0.128. The summed E-state index contributed by atoms with van der Waals surface area (Å²) in [5.74, 6) is 0.257. The van der Waals surface area contributed by atoms with Gasteiger partial charge in [-0.15, -0.1) is 0 Å². The standard InChI is InChI=1S/C15H29N3O/c1-3-16-12(2)13-8-5-7-11-18(13)14-9-4-6-10-17-15(14)19/h12-14,16H,3-11H2,1-2H3,(H,17,19). The molecule has 1 amide bonds. The second-order valence-corrected chi connectivity index (χ2v) is 5.95. The van der Waals surface area contributed by atoms with E-state index in [0.717, 1.165) is 32.5 Å². The van der Waals surface area contributed by atoms with E-state index in [1.165, 1.54) is 25.7 Å². The Morgan fingerprint density at radius 3 is 2.89 bits per heavy atom. The molecule has 0 aromatic rings. The van der Waals surface area contributed by atoms with Crippen molar-refractivity contribution >= 4 is 5.91 Å². The predicted molar refractivity (Wildman–Crippen MR) is 78.1 cm³/mol. The third-order valence-electron chi connectivity index (χ3n) is 4.60. The second kappa shape index (κ2) is 7.25. The first-order chi connectivity index (χ1) is 9.24. The quantitative estimate of drug-likeness (QED) is 0.811. The zero-order valence-electron chi connectivity index (χ0n) is 12.5. The van der Waals surface area contributed by atoms with Gasteiger partial charge in [0, 0.05) is 18.6 Å². The number of rotatable bonds is 4. The summed E-state index contributed by atoms with van der Waals surface area (Å²) in [4.78, 5) is 14.7. The van der Waals surface area contributed by atoms with Gasteiger partial charge in [-0.3, -0.25) is 9.69 Å². The van der Waals surface area contributed by atoms with Crippen LogP contribution in [0.25, 0.3) is 0 Å². The Bertz CT molecular complexity index is 295. The molecule has 3 unspecified atom stereocenters. The maximum Gasteiger partial charge on any atom is 0.237 e. The Labute approximate surface area is 117 Å². The minimum absolute atomic E-state index is 0.105. The molecule has 2 saturated heterocycles. The molecule has 0 spiro atoms. The molecule has 2 heterocycles. The van der Waals surface area contributed by atoms with Crippen molar-refractivity contribution in [3.8, 4) is 0 Å². The number of carbonyl (C=O) groups is 1. The molecular formula is C15H29N3O. The zero-order valence-corrected chi connectivity index (χ0v) is 12.5. The van der Waals surface area contributed by atoms with Gasteiger partial charge in [-0.1, -0.05) is 13.3 Å². The summed E-state index contributed by atoms with van der Waals surface area (Å²) in [6.45, 7) is 7.36. The van der Waals surface area contributed by atoms with Crippen molar-refractivity contribution in [2.24, 2.45) is 0 Å². The number of piperidine rings is 1. The van der Waals surface area contributed by atoms with Gasteiger partial charge in [0.05, 0.1) is 6.04 Å². The largest absolute Gasteiger partial charge is 0.355 e. The van der Waals surface area contributed by atoms with E-state index in [-0.39, 0.29) is 11.9 Å². The van der Waals surface area contributed by atoms with Crippen LogP contribution in [0.5, 0.6) is 0 Å². The van der Waals surface area contributed by atoms with E-state index in [0.29, 0.717) is 12.1 Å². The van der Waals surface area contributed by atoms with Crippen LogP contribution < -0.4 is 10.6 Å². The fraction of sp³-hybridized carbons (Fsp3) is 0.933. The average Bonchev–Trinajstić information content (AvgIpc) is 2.64. The van der Waals surface area contributed by atoms with Crippen LogP contribution in [-0.4, -0.2) is 48.6 Å². The van der Waals surface area contributed by atoms with Crippen LogP contribution in [0.15, 0.2) is 0 Å². The van der Waals surface area contributed by atoms with Crippen molar-refractivity contribution in [3.05, 3.63) is 0 Å². The molecule has 0 aromatic carbocycles. The number of hydrogen-bond acceptors (Lipinski definition) is 3. The van der Waals surface area contributed by atoms with Crippen LogP contribution in [-0.2, 0) is 4.79 Å². The summed E-state index contributed by atoms with van der Waals surface area (Å²) in [6.07, 6.45) is 7.08. The van der Waals surface area contributed by atoms with E-state index in [1.807, 2.05) is 0 Å². The maximum atomic E-state index is 12.3. The van der Waals surface area contributed by atoms with Crippen molar-refractivity contribution in [2.75, 3.05) is 19.6 Å². The maximum absolute atomic E-state index is 12.3. The highest BCUT2D eigenvalue weighted by atomic mass is 16.2. The highest BCUT2D eigenvalue weighted by Crippen LogP contribution is 2.25. The van der Waals surface area contributed by atoms with Gasteiger partial charge in [-0.25, -0.2) is 0 Å². The van der Waals surface area contributed by atoms with Gasteiger partial charge in [0.15, 0.2) is 0 Å². The van der Waals surface area contributed by atoms with Crippen LogP contribution in [0.4, 0.5) is 0 Å². The Morgan fingerprint density at radius 1 is 1.32 bits per heavy atom. The molecule has 2 aliphatic heterocycles. The molecule has 0 radical (unpaired) electrons. The lowest BCUT2D eigenvalue weighted by Gasteiger charge is -2.43. The van der Waals surface area contributed by atoms with Crippen LogP contribution in [0.3, 0.4) is 0 Å². The molecule has 0 bridgehead atoms. The number of hydrogen-bond donors (Lipinski definition) is 2. The van der Waals surface area contributed by atoms with Gasteiger partial charge in [0.1, 0.15) is 0 Å². The van der Waals surface area contributed by atoms with Crippen molar-refractivity contribution in [3.63, 3.8) is 0 Å². The topological polar surface area (TPSA) is 44.4 Å². The van der Waals surface area contributed by atoms with E-state index in [4.69, 9.17) is 0 Å². The predicted octanol–water partition coefficient (Wildman–Crippen LogP) is 1.51. The van der Waals surface area contributed by atoms with Crippen LogP contribution in [0.2, 0.25) is 0 Å². The number of carbonyl (C=O) groups excluding carboxylic acids is 1. The molecule has 0 aromatic heterocycles. The summed E-state index contributed by atoms with van der Waals surface area (Å²) < 4.78 is 0. The summed E-state index contributed by atoms with van der Waals surface area (Å²) in [5, 5.41) is 6.62. The lowest BCUT2D eigenvalue weighted by atomic mass is 9.93. The monoisotopic (exact) mass is 267 g/mol.